The quantitative estimate of drug-likeness (QED) is 0.137. The molecule has 0 unspecified atom stereocenters. The Kier molecular flexibility index (Phi) is 6.21. The van der Waals surface area contributed by atoms with Gasteiger partial charge in [0.2, 0.25) is 5.89 Å². The average molecular weight is 670 g/mol. The third kappa shape index (κ3) is 4.34. The number of hydrogen-bond donors (Lipinski definition) is 0. The van der Waals surface area contributed by atoms with Crippen molar-refractivity contribution in [3.8, 4) is 22.6 Å². The molecule has 0 N–H and O–H groups in total. The number of nitrogens with zero attached hydrogens (tertiary/aromatic N) is 5. The Morgan fingerprint density at radius 3 is 1.88 bits per heavy atom. The van der Waals surface area contributed by atoms with Gasteiger partial charge in [0, 0.05) is 28.7 Å². The van der Waals surface area contributed by atoms with Crippen LogP contribution in [0.5, 0.6) is 11.5 Å². The lowest BCUT2D eigenvalue weighted by atomic mass is 9.59. The summed E-state index contributed by atoms with van der Waals surface area (Å²) in [6, 6.07) is 56.6. The first-order valence-electron chi connectivity index (χ1n) is 17.4. The fraction of sp³-hybridized carbons (Fsp3) is 0. The molecule has 8 heteroatoms. The lowest BCUT2D eigenvalue weighted by Crippen LogP contribution is -2.55. The zero-order chi connectivity index (χ0) is 34.2. The Morgan fingerprint density at radius 1 is 0.538 bits per heavy atom. The second kappa shape index (κ2) is 11.2. The molecule has 0 bridgehead atoms. The van der Waals surface area contributed by atoms with E-state index in [9.17, 15) is 0 Å². The summed E-state index contributed by atoms with van der Waals surface area (Å²) in [5.41, 5.74) is 13.6. The van der Waals surface area contributed by atoms with Crippen molar-refractivity contribution < 1.29 is 9.15 Å². The third-order valence-corrected chi connectivity index (χ3v) is 10.1. The van der Waals surface area contributed by atoms with E-state index in [4.69, 9.17) is 19.1 Å². The molecule has 0 amide bonds. The molecule has 0 saturated heterocycles. The summed E-state index contributed by atoms with van der Waals surface area (Å²) in [5.74, 6) is 2.10. The van der Waals surface area contributed by atoms with Crippen molar-refractivity contribution in [3.63, 3.8) is 0 Å². The van der Waals surface area contributed by atoms with E-state index in [0.29, 0.717) is 11.5 Å². The van der Waals surface area contributed by atoms with Crippen molar-refractivity contribution in [3.05, 3.63) is 170 Å². The normalized spacial score (nSPS) is 13.7. The number of fused-ring (bicyclic) bond motifs is 11. The summed E-state index contributed by atoms with van der Waals surface area (Å²) < 4.78 is 12.5. The summed E-state index contributed by atoms with van der Waals surface area (Å²) in [5, 5.41) is 0. The Hall–Kier alpha value is -7.06. The standard InChI is InChI=1S/C44H28BN5O2/c1-3-13-34-32(11-1)33-12-2-4-14-36(33)50-38-16-6-5-15-37(38)49(45(34)50)31-25-26-35-43(27-31)52-44(47-35)28-46-29-21-23-30(24-22-29)48-39-17-7-9-19-41(39)51-42-20-10-8-18-40(42)48/h1-28H/b46-28+. The average Bonchev–Trinajstić information content (AvgIpc) is 3.78. The SMILES string of the molecule is C(=N\c1ccc(N2c3ccccc3Oc3ccccc32)cc1)/c1nc2ccc(N3B4c5ccccc5-c5ccccc5N4c4ccccc43)cc2o1. The van der Waals surface area contributed by atoms with Gasteiger partial charge in [-0.3, -0.25) is 4.99 Å². The summed E-state index contributed by atoms with van der Waals surface area (Å²) in [4.78, 5) is 16.6. The van der Waals surface area contributed by atoms with Gasteiger partial charge < -0.3 is 23.7 Å². The lowest BCUT2D eigenvalue weighted by molar-refractivity contribution is 0.477. The maximum absolute atomic E-state index is 6.31. The van der Waals surface area contributed by atoms with E-state index in [-0.39, 0.29) is 6.98 Å². The molecule has 0 atom stereocenters. The highest BCUT2D eigenvalue weighted by atomic mass is 16.5. The van der Waals surface area contributed by atoms with Crippen LogP contribution < -0.4 is 24.7 Å². The van der Waals surface area contributed by atoms with Gasteiger partial charge >= 0.3 is 6.98 Å². The largest absolute Gasteiger partial charge is 0.453 e. The van der Waals surface area contributed by atoms with Crippen LogP contribution in [0.2, 0.25) is 0 Å². The number of oxazole rings is 1. The lowest BCUT2D eigenvalue weighted by Gasteiger charge is -2.36. The van der Waals surface area contributed by atoms with Gasteiger partial charge in [-0.25, -0.2) is 4.98 Å². The Morgan fingerprint density at radius 2 is 1.13 bits per heavy atom. The van der Waals surface area contributed by atoms with Crippen molar-refractivity contribution in [2.45, 2.75) is 0 Å². The molecule has 0 spiro atoms. The van der Waals surface area contributed by atoms with E-state index in [2.05, 4.69) is 124 Å². The molecule has 7 aromatic carbocycles. The third-order valence-electron chi connectivity index (χ3n) is 10.1. The summed E-state index contributed by atoms with van der Waals surface area (Å²) >= 11 is 0. The number of aromatic nitrogens is 1. The topological polar surface area (TPSA) is 57.3 Å². The second-order valence-corrected chi connectivity index (χ2v) is 13.1. The van der Waals surface area contributed by atoms with Crippen LogP contribution in [0.4, 0.5) is 45.5 Å². The zero-order valence-corrected chi connectivity index (χ0v) is 27.8. The molecule has 0 saturated carbocycles. The van der Waals surface area contributed by atoms with E-state index in [1.165, 1.54) is 28.0 Å². The van der Waals surface area contributed by atoms with Crippen LogP contribution in [0.1, 0.15) is 5.89 Å². The highest BCUT2D eigenvalue weighted by molar-refractivity contribution is 6.86. The van der Waals surface area contributed by atoms with Crippen LogP contribution in [-0.4, -0.2) is 18.2 Å². The van der Waals surface area contributed by atoms with E-state index in [0.717, 1.165) is 51.1 Å². The molecule has 0 fully saturated rings. The van der Waals surface area contributed by atoms with Gasteiger partial charge in [-0.2, -0.15) is 0 Å². The van der Waals surface area contributed by atoms with Gasteiger partial charge in [-0.15, -0.1) is 0 Å². The Bertz CT molecular complexity index is 2680. The van der Waals surface area contributed by atoms with Crippen LogP contribution in [0.15, 0.2) is 173 Å². The molecule has 0 radical (unpaired) electrons. The molecule has 11 rings (SSSR count). The highest BCUT2D eigenvalue weighted by Gasteiger charge is 2.47. The molecule has 8 aromatic rings. The summed E-state index contributed by atoms with van der Waals surface area (Å²) in [6.07, 6.45) is 1.69. The fourth-order valence-electron chi connectivity index (χ4n) is 7.89. The number of para-hydroxylation sites is 7. The maximum Gasteiger partial charge on any atom is 0.421 e. The minimum absolute atomic E-state index is 0.0488. The first kappa shape index (κ1) is 28.8. The van der Waals surface area contributed by atoms with Crippen LogP contribution in [0.25, 0.3) is 22.2 Å². The number of ether oxygens (including phenoxy) is 1. The highest BCUT2D eigenvalue weighted by Crippen LogP contribution is 2.52. The molecule has 244 valence electrons. The van der Waals surface area contributed by atoms with Crippen LogP contribution >= 0.6 is 0 Å². The van der Waals surface area contributed by atoms with Crippen molar-refractivity contribution >= 4 is 75.3 Å². The molecule has 7 nitrogen and oxygen atoms in total. The number of benzene rings is 7. The van der Waals surface area contributed by atoms with E-state index in [1.807, 2.05) is 54.6 Å². The molecular formula is C44H28BN5O2. The van der Waals surface area contributed by atoms with Gasteiger partial charge in [-0.05, 0) is 89.9 Å². The van der Waals surface area contributed by atoms with E-state index < -0.39 is 0 Å². The number of anilines is 7. The van der Waals surface area contributed by atoms with Crippen LogP contribution in [0, 0.1) is 0 Å². The molecule has 0 aliphatic carbocycles. The first-order chi connectivity index (χ1) is 25.8. The first-order valence-corrected chi connectivity index (χ1v) is 17.4. The van der Waals surface area contributed by atoms with E-state index >= 15 is 0 Å². The summed E-state index contributed by atoms with van der Waals surface area (Å²) in [6.45, 7) is -0.0488. The van der Waals surface area contributed by atoms with Crippen LogP contribution in [-0.2, 0) is 0 Å². The number of aliphatic imine (C=N–C) groups is 1. The van der Waals surface area contributed by atoms with Gasteiger partial charge in [-0.1, -0.05) is 78.9 Å². The molecule has 1 aromatic heterocycles. The summed E-state index contributed by atoms with van der Waals surface area (Å²) in [7, 11) is 0. The second-order valence-electron chi connectivity index (χ2n) is 13.1. The number of hydrogen-bond acceptors (Lipinski definition) is 7. The van der Waals surface area contributed by atoms with Gasteiger partial charge in [0.05, 0.1) is 34.7 Å². The predicted octanol–water partition coefficient (Wildman–Crippen LogP) is 10.8. The molecule has 52 heavy (non-hydrogen) atoms. The van der Waals surface area contributed by atoms with Crippen molar-refractivity contribution in [2.75, 3.05) is 14.5 Å². The van der Waals surface area contributed by atoms with Crippen molar-refractivity contribution in [2.24, 2.45) is 4.99 Å². The Balaban J connectivity index is 0.916. The molecule has 4 heterocycles. The minimum atomic E-state index is -0.0488. The zero-order valence-electron chi connectivity index (χ0n) is 27.8. The van der Waals surface area contributed by atoms with Gasteiger partial charge in [0.15, 0.2) is 17.1 Å². The molecule has 3 aliphatic heterocycles. The monoisotopic (exact) mass is 669 g/mol. The minimum Gasteiger partial charge on any atom is -0.453 e. The van der Waals surface area contributed by atoms with Crippen molar-refractivity contribution in [1.82, 2.24) is 4.98 Å². The van der Waals surface area contributed by atoms with Gasteiger partial charge in [0.25, 0.3) is 0 Å². The Labute approximate surface area is 300 Å². The predicted molar refractivity (Wildman–Crippen MR) is 210 cm³/mol. The maximum atomic E-state index is 6.31. The smallest absolute Gasteiger partial charge is 0.421 e. The molecule has 3 aliphatic rings. The van der Waals surface area contributed by atoms with Crippen LogP contribution in [0.3, 0.4) is 0 Å². The fourth-order valence-corrected chi connectivity index (χ4v) is 7.89. The van der Waals surface area contributed by atoms with E-state index in [1.54, 1.807) is 6.21 Å². The van der Waals surface area contributed by atoms with Crippen molar-refractivity contribution in [1.29, 1.82) is 0 Å². The van der Waals surface area contributed by atoms with Gasteiger partial charge in [0.1, 0.15) is 5.52 Å². The number of rotatable bonds is 4. The molecular weight excluding hydrogens is 641 g/mol.